The lowest BCUT2D eigenvalue weighted by Gasteiger charge is -2.09. The molecule has 6 nitrogen and oxygen atoms in total. The Morgan fingerprint density at radius 3 is 2.56 bits per heavy atom. The second kappa shape index (κ2) is 6.42. The van der Waals surface area contributed by atoms with Gasteiger partial charge in [0.1, 0.15) is 27.2 Å². The van der Waals surface area contributed by atoms with Gasteiger partial charge in [-0.05, 0) is 19.4 Å². The Hall–Kier alpha value is -3.11. The molecule has 4 N–H and O–H groups in total. The summed E-state index contributed by atoms with van der Waals surface area (Å²) in [4.78, 5) is 17.3. The third kappa shape index (κ3) is 2.88. The summed E-state index contributed by atoms with van der Waals surface area (Å²) in [6, 6.07) is 11.4. The number of anilines is 2. The summed E-state index contributed by atoms with van der Waals surface area (Å²) in [5, 5.41) is 10.1. The minimum Gasteiger partial charge on any atom is -0.459 e. The van der Waals surface area contributed by atoms with Crippen molar-refractivity contribution < 1.29 is 9.53 Å². The van der Waals surface area contributed by atoms with Gasteiger partial charge in [-0.25, -0.2) is 9.78 Å². The van der Waals surface area contributed by atoms with Crippen molar-refractivity contribution in [1.29, 1.82) is 5.26 Å². The summed E-state index contributed by atoms with van der Waals surface area (Å²) in [6.45, 7) is 3.53. The largest absolute Gasteiger partial charge is 0.459 e. The number of nitrogen functional groups attached to an aromatic ring is 2. The molecule has 0 atom stereocenters. The van der Waals surface area contributed by atoms with Crippen LogP contribution in [-0.4, -0.2) is 17.1 Å². The maximum absolute atomic E-state index is 12.3. The zero-order valence-corrected chi connectivity index (χ0v) is 14.6. The lowest BCUT2D eigenvalue weighted by Crippen LogP contribution is -2.11. The summed E-state index contributed by atoms with van der Waals surface area (Å²) in [5.74, 6) is -0.398. The van der Waals surface area contributed by atoms with Crippen molar-refractivity contribution in [3.63, 3.8) is 0 Å². The molecule has 126 valence electrons. The molecule has 7 heteroatoms. The number of carbonyl (C=O) groups excluding carboxylic acids is 1. The van der Waals surface area contributed by atoms with Gasteiger partial charge in [-0.2, -0.15) is 5.26 Å². The van der Waals surface area contributed by atoms with E-state index in [4.69, 9.17) is 16.2 Å². The molecule has 0 amide bonds. The molecule has 0 spiro atoms. The minimum atomic E-state index is -0.508. The molecule has 3 rings (SSSR count). The van der Waals surface area contributed by atoms with E-state index in [-0.39, 0.29) is 28.0 Å². The van der Waals surface area contributed by atoms with Gasteiger partial charge in [-0.3, -0.25) is 0 Å². The first kappa shape index (κ1) is 16.7. The molecular weight excluding hydrogens is 336 g/mol. The van der Waals surface area contributed by atoms with Gasteiger partial charge in [0.15, 0.2) is 0 Å². The van der Waals surface area contributed by atoms with E-state index < -0.39 is 5.97 Å². The Bertz CT molecular complexity index is 1000. The van der Waals surface area contributed by atoms with Crippen molar-refractivity contribution in [2.45, 2.75) is 20.0 Å². The average molecular weight is 352 g/mol. The number of carbonyl (C=O) groups is 1. The highest BCUT2D eigenvalue weighted by molar-refractivity contribution is 7.21. The third-order valence-corrected chi connectivity index (χ3v) is 4.69. The average Bonchev–Trinajstić information content (AvgIpc) is 2.90. The SMILES string of the molecule is CC(C)OC(=O)c1sc2nc(N)c(C#N)c(-c3ccccc3)c2c1N. The second-order valence-electron chi connectivity index (χ2n) is 5.70. The number of aromatic nitrogens is 1. The predicted molar refractivity (Wildman–Crippen MR) is 99.1 cm³/mol. The zero-order valence-electron chi connectivity index (χ0n) is 13.7. The van der Waals surface area contributed by atoms with Crippen molar-refractivity contribution in [2.24, 2.45) is 0 Å². The second-order valence-corrected chi connectivity index (χ2v) is 6.70. The van der Waals surface area contributed by atoms with Gasteiger partial charge in [0.2, 0.25) is 0 Å². The van der Waals surface area contributed by atoms with Crippen LogP contribution >= 0.6 is 11.3 Å². The summed E-state index contributed by atoms with van der Waals surface area (Å²) in [5.41, 5.74) is 14.1. The lowest BCUT2D eigenvalue weighted by atomic mass is 9.97. The minimum absolute atomic E-state index is 0.110. The highest BCUT2D eigenvalue weighted by Crippen LogP contribution is 2.42. The van der Waals surface area contributed by atoms with Crippen molar-refractivity contribution in [1.82, 2.24) is 4.98 Å². The number of fused-ring (bicyclic) bond motifs is 1. The molecular formula is C18H16N4O2S. The molecule has 2 heterocycles. The first-order valence-corrected chi connectivity index (χ1v) is 8.43. The number of nitrogens with two attached hydrogens (primary N) is 2. The van der Waals surface area contributed by atoms with Crippen LogP contribution < -0.4 is 11.5 Å². The smallest absolute Gasteiger partial charge is 0.350 e. The molecule has 2 aromatic heterocycles. The van der Waals surface area contributed by atoms with Crippen LogP contribution in [0.3, 0.4) is 0 Å². The number of nitriles is 1. The highest BCUT2D eigenvalue weighted by Gasteiger charge is 2.25. The van der Waals surface area contributed by atoms with Crippen LogP contribution in [0.2, 0.25) is 0 Å². The topological polar surface area (TPSA) is 115 Å². The van der Waals surface area contributed by atoms with Crippen LogP contribution in [0.15, 0.2) is 30.3 Å². The number of rotatable bonds is 3. The number of hydrogen-bond donors (Lipinski definition) is 2. The molecule has 0 saturated carbocycles. The van der Waals surface area contributed by atoms with Crippen molar-refractivity contribution in [3.05, 3.63) is 40.8 Å². The molecule has 0 radical (unpaired) electrons. The standard InChI is InChI=1S/C18H16N4O2S/c1-9(2)24-18(23)15-14(20)13-12(10-6-4-3-5-7-10)11(8-19)16(21)22-17(13)25-15/h3-7,9H,20H2,1-2H3,(H2,21,22). The van der Waals surface area contributed by atoms with Gasteiger partial charge < -0.3 is 16.2 Å². The Kier molecular flexibility index (Phi) is 4.30. The molecule has 0 bridgehead atoms. The summed E-state index contributed by atoms with van der Waals surface area (Å²) >= 11 is 1.12. The summed E-state index contributed by atoms with van der Waals surface area (Å²) < 4.78 is 5.25. The van der Waals surface area contributed by atoms with Gasteiger partial charge >= 0.3 is 5.97 Å². The fourth-order valence-electron chi connectivity index (χ4n) is 2.60. The van der Waals surface area contributed by atoms with E-state index >= 15 is 0 Å². The number of hydrogen-bond acceptors (Lipinski definition) is 7. The molecule has 1 aromatic carbocycles. The monoisotopic (exact) mass is 352 g/mol. The van der Waals surface area contributed by atoms with Gasteiger partial charge in [-0.15, -0.1) is 11.3 Å². The van der Waals surface area contributed by atoms with Crippen molar-refractivity contribution in [3.8, 4) is 17.2 Å². The molecule has 0 aliphatic carbocycles. The molecule has 3 aromatic rings. The van der Waals surface area contributed by atoms with Crippen molar-refractivity contribution >= 4 is 39.0 Å². The molecule has 0 unspecified atom stereocenters. The Morgan fingerprint density at radius 2 is 1.96 bits per heavy atom. The Morgan fingerprint density at radius 1 is 1.28 bits per heavy atom. The maximum Gasteiger partial charge on any atom is 0.350 e. The number of pyridine rings is 1. The number of ether oxygens (including phenoxy) is 1. The van der Waals surface area contributed by atoms with Gasteiger partial charge in [-0.1, -0.05) is 30.3 Å². The van der Waals surface area contributed by atoms with E-state index in [1.54, 1.807) is 13.8 Å². The van der Waals surface area contributed by atoms with Crippen LogP contribution in [0.25, 0.3) is 21.3 Å². The molecule has 0 aliphatic rings. The summed E-state index contributed by atoms with van der Waals surface area (Å²) in [7, 11) is 0. The highest BCUT2D eigenvalue weighted by atomic mass is 32.1. The zero-order chi connectivity index (χ0) is 18.1. The Balaban J connectivity index is 2.35. The van der Waals surface area contributed by atoms with Gasteiger partial charge in [0.25, 0.3) is 0 Å². The fourth-order valence-corrected chi connectivity index (χ4v) is 3.59. The first-order chi connectivity index (χ1) is 11.9. The number of esters is 1. The van der Waals surface area contributed by atoms with Crippen LogP contribution in [-0.2, 0) is 4.74 Å². The van der Waals surface area contributed by atoms with Crippen LogP contribution in [0.5, 0.6) is 0 Å². The third-order valence-electron chi connectivity index (χ3n) is 3.61. The van der Waals surface area contributed by atoms with E-state index in [9.17, 15) is 10.1 Å². The number of benzene rings is 1. The fraction of sp³-hybridized carbons (Fsp3) is 0.167. The summed E-state index contributed by atoms with van der Waals surface area (Å²) in [6.07, 6.45) is -0.265. The van der Waals surface area contributed by atoms with Crippen molar-refractivity contribution in [2.75, 3.05) is 11.5 Å². The van der Waals surface area contributed by atoms with Gasteiger partial charge in [0.05, 0.1) is 11.8 Å². The number of nitrogens with zero attached hydrogens (tertiary/aromatic N) is 2. The molecule has 25 heavy (non-hydrogen) atoms. The molecule has 0 fully saturated rings. The van der Waals surface area contributed by atoms with E-state index in [2.05, 4.69) is 11.1 Å². The lowest BCUT2D eigenvalue weighted by molar-refractivity contribution is 0.0385. The normalized spacial score (nSPS) is 10.8. The first-order valence-electron chi connectivity index (χ1n) is 7.62. The van der Waals surface area contributed by atoms with E-state index in [0.717, 1.165) is 16.9 Å². The van der Waals surface area contributed by atoms with E-state index in [0.29, 0.717) is 15.8 Å². The van der Waals surface area contributed by atoms with Crippen LogP contribution in [0.4, 0.5) is 11.5 Å². The quantitative estimate of drug-likeness (QED) is 0.696. The maximum atomic E-state index is 12.3. The van der Waals surface area contributed by atoms with Crippen LogP contribution in [0.1, 0.15) is 29.1 Å². The molecule has 0 aliphatic heterocycles. The van der Waals surface area contributed by atoms with E-state index in [1.807, 2.05) is 30.3 Å². The van der Waals surface area contributed by atoms with Gasteiger partial charge in [0, 0.05) is 10.9 Å². The Labute approximate surface area is 148 Å². The molecule has 0 saturated heterocycles. The van der Waals surface area contributed by atoms with Crippen LogP contribution in [0, 0.1) is 11.3 Å². The van der Waals surface area contributed by atoms with E-state index in [1.165, 1.54) is 0 Å². The predicted octanol–water partition coefficient (Wildman–Crippen LogP) is 3.56. The number of thiophene rings is 1.